The lowest BCUT2D eigenvalue weighted by Gasteiger charge is -2.27. The van der Waals surface area contributed by atoms with Crippen LogP contribution in [0.5, 0.6) is 0 Å². The van der Waals surface area contributed by atoms with Gasteiger partial charge in [-0.3, -0.25) is 0 Å². The lowest BCUT2D eigenvalue weighted by atomic mass is 9.90. The topological polar surface area (TPSA) is 23.5 Å². The Balaban J connectivity index is 1.38. The molecule has 1 saturated carbocycles. The SMILES string of the molecule is CC(CN1C[C@@H]2CC(O)(c3ccccc3)C[C@@H]2C1)c1cccc(F)c1. The quantitative estimate of drug-likeness (QED) is 0.904. The molecule has 2 fully saturated rings. The Hall–Kier alpha value is -1.71. The molecule has 2 aliphatic rings. The molecule has 2 aromatic carbocycles. The van der Waals surface area contributed by atoms with E-state index in [9.17, 15) is 9.50 Å². The average Bonchev–Trinajstić information content (AvgIpc) is 3.10. The summed E-state index contributed by atoms with van der Waals surface area (Å²) in [5, 5.41) is 11.1. The van der Waals surface area contributed by atoms with Gasteiger partial charge in [-0.05, 0) is 53.9 Å². The van der Waals surface area contributed by atoms with Gasteiger partial charge < -0.3 is 10.0 Å². The highest BCUT2D eigenvalue weighted by Crippen LogP contribution is 2.49. The number of rotatable bonds is 4. The summed E-state index contributed by atoms with van der Waals surface area (Å²) in [5.74, 6) is 1.29. The van der Waals surface area contributed by atoms with Gasteiger partial charge in [0.25, 0.3) is 0 Å². The summed E-state index contributed by atoms with van der Waals surface area (Å²) in [4.78, 5) is 2.50. The van der Waals surface area contributed by atoms with Gasteiger partial charge in [0.15, 0.2) is 0 Å². The number of aliphatic hydroxyl groups is 1. The number of hydrogen-bond acceptors (Lipinski definition) is 2. The van der Waals surface area contributed by atoms with Crippen LogP contribution in [0.1, 0.15) is 36.8 Å². The van der Waals surface area contributed by atoms with Crippen LogP contribution in [-0.4, -0.2) is 29.6 Å². The van der Waals surface area contributed by atoms with Gasteiger partial charge >= 0.3 is 0 Å². The van der Waals surface area contributed by atoms with Crippen molar-refractivity contribution in [1.82, 2.24) is 4.90 Å². The molecule has 0 radical (unpaired) electrons. The predicted molar refractivity (Wildman–Crippen MR) is 97.8 cm³/mol. The molecule has 1 heterocycles. The van der Waals surface area contributed by atoms with E-state index < -0.39 is 5.60 Å². The Labute approximate surface area is 149 Å². The maximum Gasteiger partial charge on any atom is 0.123 e. The first kappa shape index (κ1) is 16.7. The zero-order valence-corrected chi connectivity index (χ0v) is 14.7. The first-order valence-electron chi connectivity index (χ1n) is 9.29. The molecule has 132 valence electrons. The van der Waals surface area contributed by atoms with E-state index >= 15 is 0 Å². The molecule has 25 heavy (non-hydrogen) atoms. The zero-order valence-electron chi connectivity index (χ0n) is 14.7. The van der Waals surface area contributed by atoms with E-state index in [2.05, 4.69) is 11.8 Å². The molecule has 2 unspecified atom stereocenters. The van der Waals surface area contributed by atoms with Crippen LogP contribution in [0.15, 0.2) is 54.6 Å². The van der Waals surface area contributed by atoms with E-state index in [0.29, 0.717) is 17.8 Å². The van der Waals surface area contributed by atoms with Crippen molar-refractivity contribution in [2.75, 3.05) is 19.6 Å². The summed E-state index contributed by atoms with van der Waals surface area (Å²) in [7, 11) is 0. The van der Waals surface area contributed by atoms with Crippen molar-refractivity contribution < 1.29 is 9.50 Å². The highest BCUT2D eigenvalue weighted by molar-refractivity contribution is 5.25. The zero-order chi connectivity index (χ0) is 17.4. The number of benzene rings is 2. The van der Waals surface area contributed by atoms with Gasteiger partial charge in [-0.1, -0.05) is 49.4 Å². The smallest absolute Gasteiger partial charge is 0.123 e. The average molecular weight is 339 g/mol. The molecule has 0 bridgehead atoms. The normalized spacial score (nSPS) is 30.4. The van der Waals surface area contributed by atoms with Gasteiger partial charge in [-0.15, -0.1) is 0 Å². The van der Waals surface area contributed by atoms with Crippen molar-refractivity contribution >= 4 is 0 Å². The fourth-order valence-electron chi connectivity index (χ4n) is 4.89. The molecule has 0 spiro atoms. The minimum atomic E-state index is -0.656. The third-order valence-corrected chi connectivity index (χ3v) is 6.11. The number of fused-ring (bicyclic) bond motifs is 1. The Morgan fingerprint density at radius 3 is 2.40 bits per heavy atom. The molecule has 1 N–H and O–H groups in total. The van der Waals surface area contributed by atoms with Gasteiger partial charge in [0.1, 0.15) is 5.82 Å². The molecule has 4 atom stereocenters. The maximum absolute atomic E-state index is 13.4. The Morgan fingerprint density at radius 1 is 1.08 bits per heavy atom. The number of likely N-dealkylation sites (tertiary alicyclic amines) is 1. The van der Waals surface area contributed by atoms with Crippen LogP contribution < -0.4 is 0 Å². The van der Waals surface area contributed by atoms with Gasteiger partial charge in [0.05, 0.1) is 5.60 Å². The van der Waals surface area contributed by atoms with E-state index in [-0.39, 0.29) is 5.82 Å². The molecule has 1 aliphatic heterocycles. The standard InChI is InChI=1S/C22H26FNO/c1-16(17-6-5-9-21(23)10-17)13-24-14-18-11-22(25,12-19(18)15-24)20-7-3-2-4-8-20/h2-10,16,18-19,25H,11-15H2,1H3/t16?,18-,19+,22?. The second kappa shape index (κ2) is 6.54. The minimum absolute atomic E-state index is 0.157. The summed E-state index contributed by atoms with van der Waals surface area (Å²) >= 11 is 0. The third-order valence-electron chi connectivity index (χ3n) is 6.11. The first-order valence-corrected chi connectivity index (χ1v) is 9.29. The van der Waals surface area contributed by atoms with E-state index in [4.69, 9.17) is 0 Å². The van der Waals surface area contributed by atoms with Gasteiger partial charge in [0.2, 0.25) is 0 Å². The van der Waals surface area contributed by atoms with Crippen LogP contribution in [0.4, 0.5) is 4.39 Å². The molecule has 3 heteroatoms. The molecule has 0 amide bonds. The number of hydrogen-bond donors (Lipinski definition) is 1. The molecule has 2 aromatic rings. The molecule has 1 saturated heterocycles. The fourth-order valence-corrected chi connectivity index (χ4v) is 4.89. The van der Waals surface area contributed by atoms with Crippen molar-refractivity contribution in [3.05, 3.63) is 71.5 Å². The van der Waals surface area contributed by atoms with Crippen molar-refractivity contribution in [3.8, 4) is 0 Å². The van der Waals surface area contributed by atoms with Crippen LogP contribution in [0.3, 0.4) is 0 Å². The van der Waals surface area contributed by atoms with Gasteiger partial charge in [0, 0.05) is 19.6 Å². The van der Waals surface area contributed by atoms with Crippen molar-refractivity contribution in [2.24, 2.45) is 11.8 Å². The predicted octanol–water partition coefficient (Wildman–Crippen LogP) is 4.16. The van der Waals surface area contributed by atoms with Crippen LogP contribution in [0.25, 0.3) is 0 Å². The second-order valence-electron chi connectivity index (χ2n) is 8.00. The summed E-state index contributed by atoms with van der Waals surface area (Å²) in [6.07, 6.45) is 1.71. The minimum Gasteiger partial charge on any atom is -0.385 e. The largest absolute Gasteiger partial charge is 0.385 e. The number of halogens is 1. The Kier molecular flexibility index (Phi) is 4.38. The lowest BCUT2D eigenvalue weighted by molar-refractivity contribution is 0.0312. The fraction of sp³-hybridized carbons (Fsp3) is 0.455. The van der Waals surface area contributed by atoms with Crippen LogP contribution in [0, 0.1) is 17.7 Å². The van der Waals surface area contributed by atoms with Crippen molar-refractivity contribution in [1.29, 1.82) is 0 Å². The monoisotopic (exact) mass is 339 g/mol. The Bertz CT molecular complexity index is 718. The number of nitrogens with zero attached hydrogens (tertiary/aromatic N) is 1. The summed E-state index contributed by atoms with van der Waals surface area (Å²) in [6.45, 7) is 5.21. The Morgan fingerprint density at radius 2 is 1.76 bits per heavy atom. The van der Waals surface area contributed by atoms with E-state index in [1.165, 1.54) is 6.07 Å². The van der Waals surface area contributed by atoms with Crippen LogP contribution >= 0.6 is 0 Å². The molecular formula is C22H26FNO. The van der Waals surface area contributed by atoms with E-state index in [1.807, 2.05) is 36.4 Å². The summed E-state index contributed by atoms with van der Waals surface area (Å²) < 4.78 is 13.4. The van der Waals surface area contributed by atoms with Crippen molar-refractivity contribution in [3.63, 3.8) is 0 Å². The van der Waals surface area contributed by atoms with Crippen molar-refractivity contribution in [2.45, 2.75) is 31.3 Å². The molecule has 0 aromatic heterocycles. The third kappa shape index (κ3) is 3.36. The van der Waals surface area contributed by atoms with Gasteiger partial charge in [-0.25, -0.2) is 4.39 Å². The summed E-state index contributed by atoms with van der Waals surface area (Å²) in [6, 6.07) is 17.1. The van der Waals surface area contributed by atoms with Crippen LogP contribution in [-0.2, 0) is 5.60 Å². The molecular weight excluding hydrogens is 313 g/mol. The molecule has 1 aliphatic carbocycles. The summed E-state index contributed by atoms with van der Waals surface area (Å²) in [5.41, 5.74) is 1.47. The lowest BCUT2D eigenvalue weighted by Crippen LogP contribution is -2.30. The highest BCUT2D eigenvalue weighted by atomic mass is 19.1. The van der Waals surface area contributed by atoms with E-state index in [0.717, 1.165) is 43.6 Å². The maximum atomic E-state index is 13.4. The molecule has 2 nitrogen and oxygen atoms in total. The highest BCUT2D eigenvalue weighted by Gasteiger charge is 2.48. The second-order valence-corrected chi connectivity index (χ2v) is 8.00. The molecule has 4 rings (SSSR count). The van der Waals surface area contributed by atoms with Gasteiger partial charge in [-0.2, -0.15) is 0 Å². The van der Waals surface area contributed by atoms with Crippen LogP contribution in [0.2, 0.25) is 0 Å². The first-order chi connectivity index (χ1) is 12.0. The van der Waals surface area contributed by atoms with E-state index in [1.54, 1.807) is 12.1 Å².